The van der Waals surface area contributed by atoms with Crippen LogP contribution in [0.4, 0.5) is 10.1 Å². The minimum Gasteiger partial charge on any atom is -0.352 e. The molecule has 2 N–H and O–H groups in total. The monoisotopic (exact) mass is 482 g/mol. The van der Waals surface area contributed by atoms with Crippen molar-refractivity contribution in [1.29, 1.82) is 0 Å². The molecule has 2 fully saturated rings. The maximum absolute atomic E-state index is 15.1. The molecule has 2 saturated carbocycles. The lowest BCUT2D eigenvalue weighted by molar-refractivity contribution is -0.122. The van der Waals surface area contributed by atoms with Gasteiger partial charge in [-0.1, -0.05) is 29.8 Å². The fourth-order valence-corrected chi connectivity index (χ4v) is 4.79. The van der Waals surface area contributed by atoms with Gasteiger partial charge in [0.25, 0.3) is 0 Å². The number of anilines is 1. The third-order valence-corrected chi connectivity index (χ3v) is 7.36. The highest BCUT2D eigenvalue weighted by Crippen LogP contribution is 2.65. The SMILES string of the molecule is Cc1ccc(C2C(C(=O)Nc3ccc(C)c(CNC(=O)C4CC4)c3F)C2(Cl)Cl)cc1Cl. The van der Waals surface area contributed by atoms with E-state index in [1.54, 1.807) is 19.1 Å². The molecule has 0 radical (unpaired) electrons. The van der Waals surface area contributed by atoms with Gasteiger partial charge in [-0.15, -0.1) is 23.2 Å². The van der Waals surface area contributed by atoms with E-state index >= 15 is 4.39 Å². The fraction of sp³-hybridized carbons (Fsp3) is 0.391. The number of aryl methyl sites for hydroxylation is 2. The van der Waals surface area contributed by atoms with E-state index < -0.39 is 27.9 Å². The van der Waals surface area contributed by atoms with Crippen LogP contribution in [0.15, 0.2) is 30.3 Å². The van der Waals surface area contributed by atoms with Crippen LogP contribution in [0.1, 0.15) is 41.0 Å². The lowest BCUT2D eigenvalue weighted by atomic mass is 10.1. The minimum atomic E-state index is -1.30. The van der Waals surface area contributed by atoms with E-state index in [1.165, 1.54) is 6.07 Å². The van der Waals surface area contributed by atoms with Crippen molar-refractivity contribution < 1.29 is 14.0 Å². The van der Waals surface area contributed by atoms with Crippen molar-refractivity contribution >= 4 is 52.3 Å². The summed E-state index contributed by atoms with van der Waals surface area (Å²) in [4.78, 5) is 24.8. The molecule has 2 aliphatic rings. The number of hydrogen-bond donors (Lipinski definition) is 2. The first-order valence-corrected chi connectivity index (χ1v) is 11.2. The van der Waals surface area contributed by atoms with E-state index in [4.69, 9.17) is 34.8 Å². The molecule has 0 saturated heterocycles. The Morgan fingerprint density at radius 1 is 1.10 bits per heavy atom. The quantitative estimate of drug-likeness (QED) is 0.522. The second-order valence-electron chi connectivity index (χ2n) is 8.34. The van der Waals surface area contributed by atoms with Crippen LogP contribution in [0.2, 0.25) is 5.02 Å². The van der Waals surface area contributed by atoms with E-state index in [0.29, 0.717) is 16.1 Å². The molecular formula is C23H22Cl3FN2O2. The number of hydrogen-bond acceptors (Lipinski definition) is 2. The molecule has 2 amide bonds. The van der Waals surface area contributed by atoms with Crippen LogP contribution >= 0.6 is 34.8 Å². The Labute approximate surface area is 195 Å². The highest BCUT2D eigenvalue weighted by atomic mass is 35.5. The molecule has 0 aliphatic heterocycles. The molecule has 0 heterocycles. The van der Waals surface area contributed by atoms with Crippen LogP contribution in [-0.4, -0.2) is 16.1 Å². The van der Waals surface area contributed by atoms with E-state index in [0.717, 1.165) is 24.0 Å². The molecule has 2 unspecified atom stereocenters. The predicted molar refractivity (Wildman–Crippen MR) is 121 cm³/mol. The topological polar surface area (TPSA) is 58.2 Å². The number of nitrogens with one attached hydrogen (secondary N) is 2. The van der Waals surface area contributed by atoms with Crippen LogP contribution < -0.4 is 10.6 Å². The van der Waals surface area contributed by atoms with Gasteiger partial charge in [0.2, 0.25) is 11.8 Å². The molecule has 0 spiro atoms. The van der Waals surface area contributed by atoms with Crippen molar-refractivity contribution in [3.05, 3.63) is 63.4 Å². The zero-order valence-corrected chi connectivity index (χ0v) is 19.3. The van der Waals surface area contributed by atoms with Crippen LogP contribution in [0.3, 0.4) is 0 Å². The number of alkyl halides is 2. The Balaban J connectivity index is 1.49. The Kier molecular flexibility index (Phi) is 5.97. The number of rotatable bonds is 6. The van der Waals surface area contributed by atoms with Crippen molar-refractivity contribution in [1.82, 2.24) is 5.32 Å². The van der Waals surface area contributed by atoms with E-state index in [9.17, 15) is 9.59 Å². The van der Waals surface area contributed by atoms with Gasteiger partial charge in [-0.05, 0) is 55.5 Å². The first-order chi connectivity index (χ1) is 14.6. The summed E-state index contributed by atoms with van der Waals surface area (Å²) in [5.74, 6) is -2.26. The van der Waals surface area contributed by atoms with Gasteiger partial charge in [-0.3, -0.25) is 9.59 Å². The van der Waals surface area contributed by atoms with E-state index in [2.05, 4.69) is 10.6 Å². The second kappa shape index (κ2) is 8.27. The number of amides is 2. The van der Waals surface area contributed by atoms with Gasteiger partial charge < -0.3 is 10.6 Å². The fourth-order valence-electron chi connectivity index (χ4n) is 3.78. The lowest BCUT2D eigenvalue weighted by Crippen LogP contribution is -2.25. The molecule has 4 nitrogen and oxygen atoms in total. The van der Waals surface area contributed by atoms with Gasteiger partial charge in [0.1, 0.15) is 4.33 Å². The summed E-state index contributed by atoms with van der Waals surface area (Å²) < 4.78 is 13.8. The zero-order valence-electron chi connectivity index (χ0n) is 17.1. The molecular weight excluding hydrogens is 462 g/mol. The highest BCUT2D eigenvalue weighted by Gasteiger charge is 2.67. The highest BCUT2D eigenvalue weighted by molar-refractivity contribution is 6.53. The second-order valence-corrected chi connectivity index (χ2v) is 10.2. The molecule has 4 rings (SSSR count). The first-order valence-electron chi connectivity index (χ1n) is 10.1. The maximum atomic E-state index is 15.1. The molecule has 31 heavy (non-hydrogen) atoms. The van der Waals surface area contributed by atoms with E-state index in [1.807, 2.05) is 19.1 Å². The zero-order chi connectivity index (χ0) is 22.5. The molecule has 2 aromatic carbocycles. The molecule has 0 bridgehead atoms. The molecule has 8 heteroatoms. The van der Waals surface area contributed by atoms with Gasteiger partial charge in [0.15, 0.2) is 5.82 Å². The summed E-state index contributed by atoms with van der Waals surface area (Å²) in [5.41, 5.74) is 2.73. The number of benzene rings is 2. The Hall–Kier alpha value is -1.82. The van der Waals surface area contributed by atoms with Gasteiger partial charge in [0, 0.05) is 29.0 Å². The smallest absolute Gasteiger partial charge is 0.231 e. The predicted octanol–water partition coefficient (Wildman–Crippen LogP) is 5.65. The lowest BCUT2D eigenvalue weighted by Gasteiger charge is -2.13. The van der Waals surface area contributed by atoms with Gasteiger partial charge in [-0.25, -0.2) is 4.39 Å². The molecule has 2 aliphatic carbocycles. The van der Waals surface area contributed by atoms with Crippen LogP contribution in [0.25, 0.3) is 0 Å². The molecule has 2 aromatic rings. The first kappa shape index (κ1) is 22.4. The van der Waals surface area contributed by atoms with Crippen molar-refractivity contribution in [3.63, 3.8) is 0 Å². The van der Waals surface area contributed by atoms with Crippen LogP contribution in [0, 0.1) is 31.5 Å². The number of carbonyl (C=O) groups is 2. The van der Waals surface area contributed by atoms with Crippen molar-refractivity contribution in [2.75, 3.05) is 5.32 Å². The number of carbonyl (C=O) groups excluding carboxylic acids is 2. The van der Waals surface area contributed by atoms with Crippen LogP contribution in [0.5, 0.6) is 0 Å². The number of halogens is 4. The standard InChI is InChI=1S/C23H22Cl3FN2O2/c1-11-4-8-17(20(27)15(11)10-28-21(30)13-6-7-13)29-22(31)19-18(23(19,25)26)14-5-3-12(2)16(24)9-14/h3-5,8-9,13,18-19H,6-7,10H2,1-2H3,(H,28,30)(H,29,31). The third-order valence-electron chi connectivity index (χ3n) is 6.01. The van der Waals surface area contributed by atoms with Crippen molar-refractivity contribution in [2.45, 2.75) is 43.5 Å². The summed E-state index contributed by atoms with van der Waals surface area (Å²) in [6.07, 6.45) is 1.74. The van der Waals surface area contributed by atoms with Gasteiger partial charge in [-0.2, -0.15) is 0 Å². The van der Waals surface area contributed by atoms with Crippen molar-refractivity contribution in [2.24, 2.45) is 11.8 Å². The average Bonchev–Trinajstić information content (AvgIpc) is 3.62. The van der Waals surface area contributed by atoms with Crippen molar-refractivity contribution in [3.8, 4) is 0 Å². The summed E-state index contributed by atoms with van der Waals surface area (Å²) >= 11 is 19.0. The molecule has 164 valence electrons. The average molecular weight is 484 g/mol. The maximum Gasteiger partial charge on any atom is 0.231 e. The normalized spacial score (nSPS) is 21.5. The summed E-state index contributed by atoms with van der Waals surface area (Å²) in [5, 5.41) is 5.94. The largest absolute Gasteiger partial charge is 0.352 e. The van der Waals surface area contributed by atoms with E-state index in [-0.39, 0.29) is 24.1 Å². The molecule has 0 aromatic heterocycles. The van der Waals surface area contributed by atoms with Gasteiger partial charge >= 0.3 is 0 Å². The Morgan fingerprint density at radius 3 is 2.42 bits per heavy atom. The summed E-state index contributed by atoms with van der Waals surface area (Å²) in [7, 11) is 0. The Bertz CT molecular complexity index is 1070. The third kappa shape index (κ3) is 4.41. The summed E-state index contributed by atoms with van der Waals surface area (Å²) in [6.45, 7) is 3.70. The summed E-state index contributed by atoms with van der Waals surface area (Å²) in [6, 6.07) is 8.64. The minimum absolute atomic E-state index is 0.0305. The van der Waals surface area contributed by atoms with Crippen LogP contribution in [-0.2, 0) is 16.1 Å². The Morgan fingerprint density at radius 2 is 1.77 bits per heavy atom. The van der Waals surface area contributed by atoms with Gasteiger partial charge in [0.05, 0.1) is 11.6 Å². The molecule has 2 atom stereocenters.